The van der Waals surface area contributed by atoms with E-state index in [2.05, 4.69) is 31.3 Å². The van der Waals surface area contributed by atoms with Gasteiger partial charge in [-0.05, 0) is 49.3 Å². The maximum Gasteiger partial charge on any atom is 0.0659 e. The number of benzene rings is 1. The van der Waals surface area contributed by atoms with E-state index in [-0.39, 0.29) is 0 Å². The molecule has 2 rings (SSSR count). The molecule has 0 spiro atoms. The molecule has 1 N–H and O–H groups in total. The molecular weight excluding hydrogens is 256 g/mol. The number of halogens is 1. The quantitative estimate of drug-likeness (QED) is 0.857. The van der Waals surface area contributed by atoms with Gasteiger partial charge in [0.1, 0.15) is 0 Å². The van der Waals surface area contributed by atoms with E-state index in [9.17, 15) is 0 Å². The van der Waals surface area contributed by atoms with Crippen molar-refractivity contribution >= 4 is 23.0 Å². The Morgan fingerprint density at radius 1 is 1.21 bits per heavy atom. The summed E-state index contributed by atoms with van der Waals surface area (Å²) in [4.78, 5) is 2.04. The van der Waals surface area contributed by atoms with Gasteiger partial charge in [0.2, 0.25) is 0 Å². The lowest BCUT2D eigenvalue weighted by molar-refractivity contribution is 0.232. The van der Waals surface area contributed by atoms with E-state index in [4.69, 9.17) is 11.6 Å². The van der Waals surface area contributed by atoms with E-state index < -0.39 is 0 Å². The van der Waals surface area contributed by atoms with E-state index >= 15 is 0 Å². The fourth-order valence-corrected chi connectivity index (χ4v) is 3.09. The average molecular weight is 281 g/mol. The minimum Gasteiger partial charge on any atom is -0.382 e. The maximum absolute atomic E-state index is 6.31. The molecule has 1 saturated carbocycles. The highest BCUT2D eigenvalue weighted by molar-refractivity contribution is 6.33. The van der Waals surface area contributed by atoms with Crippen molar-refractivity contribution in [3.05, 3.63) is 23.2 Å². The van der Waals surface area contributed by atoms with Crippen molar-refractivity contribution < 1.29 is 0 Å². The van der Waals surface area contributed by atoms with Crippen molar-refractivity contribution in [3.63, 3.8) is 0 Å². The molecule has 106 valence electrons. The molecule has 0 radical (unpaired) electrons. The highest BCUT2D eigenvalue weighted by Gasteiger charge is 2.26. The number of nitrogens with one attached hydrogen (secondary N) is 1. The van der Waals surface area contributed by atoms with E-state index in [1.165, 1.54) is 25.7 Å². The van der Waals surface area contributed by atoms with E-state index in [0.29, 0.717) is 11.5 Å². The summed E-state index contributed by atoms with van der Waals surface area (Å²) in [5, 5.41) is 4.43. The monoisotopic (exact) mass is 280 g/mol. The molecule has 0 heterocycles. The molecule has 0 aliphatic heterocycles. The second-order valence-corrected chi connectivity index (χ2v) is 7.05. The van der Waals surface area contributed by atoms with Crippen LogP contribution in [0.5, 0.6) is 0 Å². The van der Waals surface area contributed by atoms with Gasteiger partial charge in [-0.3, -0.25) is 0 Å². The Hall–Kier alpha value is -0.890. The zero-order chi connectivity index (χ0) is 14.0. The Labute approximate surface area is 122 Å². The Morgan fingerprint density at radius 3 is 2.37 bits per heavy atom. The first-order valence-corrected chi connectivity index (χ1v) is 7.49. The van der Waals surface area contributed by atoms with Gasteiger partial charge in [-0.15, -0.1) is 0 Å². The zero-order valence-corrected chi connectivity index (χ0v) is 13.2. The summed E-state index contributed by atoms with van der Waals surface area (Å²) in [6.45, 7) is 4.73. The summed E-state index contributed by atoms with van der Waals surface area (Å²) < 4.78 is 0. The van der Waals surface area contributed by atoms with Gasteiger partial charge in [0.15, 0.2) is 0 Å². The topological polar surface area (TPSA) is 15.3 Å². The normalized spacial score (nSPS) is 19.2. The minimum absolute atomic E-state index is 0.518. The third-order valence-electron chi connectivity index (χ3n) is 4.14. The summed E-state index contributed by atoms with van der Waals surface area (Å²) in [7, 11) is 4.02. The predicted molar refractivity (Wildman–Crippen MR) is 85.4 cm³/mol. The van der Waals surface area contributed by atoms with Gasteiger partial charge in [0.25, 0.3) is 0 Å². The van der Waals surface area contributed by atoms with Crippen LogP contribution in [0.3, 0.4) is 0 Å². The lowest BCUT2D eigenvalue weighted by Crippen LogP contribution is -2.29. The summed E-state index contributed by atoms with van der Waals surface area (Å²) in [6, 6.07) is 6.84. The first-order valence-electron chi connectivity index (χ1n) is 7.11. The van der Waals surface area contributed by atoms with Gasteiger partial charge < -0.3 is 10.2 Å². The third kappa shape index (κ3) is 3.79. The van der Waals surface area contributed by atoms with Crippen LogP contribution >= 0.6 is 11.6 Å². The minimum atomic E-state index is 0.518. The summed E-state index contributed by atoms with van der Waals surface area (Å²) in [5.41, 5.74) is 2.72. The molecule has 1 aromatic carbocycles. The molecule has 3 heteroatoms. The Morgan fingerprint density at radius 2 is 1.84 bits per heavy atom. The SMILES string of the molecule is CN(C)c1ccc(NC2CCC(C)(C)CC2)cc1Cl. The predicted octanol–water partition coefficient (Wildman–Crippen LogP) is 4.79. The van der Waals surface area contributed by atoms with Gasteiger partial charge in [0.05, 0.1) is 10.7 Å². The second kappa shape index (κ2) is 5.62. The molecule has 1 fully saturated rings. The van der Waals surface area contributed by atoms with Crippen LogP contribution in [-0.2, 0) is 0 Å². The molecule has 0 unspecified atom stereocenters. The molecule has 0 saturated heterocycles. The van der Waals surface area contributed by atoms with Crippen molar-refractivity contribution in [3.8, 4) is 0 Å². The molecule has 1 aliphatic rings. The number of anilines is 2. The lowest BCUT2D eigenvalue weighted by atomic mass is 9.75. The summed E-state index contributed by atoms with van der Waals surface area (Å²) >= 11 is 6.31. The zero-order valence-electron chi connectivity index (χ0n) is 12.5. The first kappa shape index (κ1) is 14.5. The number of nitrogens with zero attached hydrogens (tertiary/aromatic N) is 1. The molecular formula is C16H25ClN2. The van der Waals surface area contributed by atoms with Crippen LogP contribution in [0, 0.1) is 5.41 Å². The molecule has 0 amide bonds. The smallest absolute Gasteiger partial charge is 0.0659 e. The molecule has 0 aromatic heterocycles. The van der Waals surface area contributed by atoms with E-state index in [1.807, 2.05) is 25.1 Å². The first-order chi connectivity index (χ1) is 8.87. The summed E-state index contributed by atoms with van der Waals surface area (Å²) in [6.07, 6.45) is 5.10. The van der Waals surface area contributed by atoms with Crippen LogP contribution in [-0.4, -0.2) is 20.1 Å². The van der Waals surface area contributed by atoms with Crippen molar-refractivity contribution in [1.29, 1.82) is 0 Å². The van der Waals surface area contributed by atoms with Crippen molar-refractivity contribution in [2.75, 3.05) is 24.3 Å². The van der Waals surface area contributed by atoms with Gasteiger partial charge in [0, 0.05) is 25.8 Å². The third-order valence-corrected chi connectivity index (χ3v) is 4.44. The Bertz CT molecular complexity index is 430. The Balaban J connectivity index is 1.99. The Kier molecular flexibility index (Phi) is 4.29. The van der Waals surface area contributed by atoms with Crippen LogP contribution in [0.4, 0.5) is 11.4 Å². The van der Waals surface area contributed by atoms with Crippen LogP contribution in [0.25, 0.3) is 0 Å². The van der Waals surface area contributed by atoms with E-state index in [1.54, 1.807) is 0 Å². The largest absolute Gasteiger partial charge is 0.382 e. The number of hydrogen-bond donors (Lipinski definition) is 1. The average Bonchev–Trinajstić information content (AvgIpc) is 2.31. The van der Waals surface area contributed by atoms with Crippen molar-refractivity contribution in [1.82, 2.24) is 0 Å². The fraction of sp³-hybridized carbons (Fsp3) is 0.625. The molecule has 1 aliphatic carbocycles. The second-order valence-electron chi connectivity index (χ2n) is 6.64. The molecule has 0 bridgehead atoms. The van der Waals surface area contributed by atoms with Crippen LogP contribution in [0.1, 0.15) is 39.5 Å². The van der Waals surface area contributed by atoms with Gasteiger partial charge in [-0.1, -0.05) is 25.4 Å². The van der Waals surface area contributed by atoms with Gasteiger partial charge >= 0.3 is 0 Å². The van der Waals surface area contributed by atoms with Crippen LogP contribution in [0.2, 0.25) is 5.02 Å². The highest BCUT2D eigenvalue weighted by atomic mass is 35.5. The highest BCUT2D eigenvalue weighted by Crippen LogP contribution is 2.36. The fourth-order valence-electron chi connectivity index (χ4n) is 2.74. The summed E-state index contributed by atoms with van der Waals surface area (Å²) in [5.74, 6) is 0. The van der Waals surface area contributed by atoms with Crippen LogP contribution in [0.15, 0.2) is 18.2 Å². The van der Waals surface area contributed by atoms with Gasteiger partial charge in [-0.25, -0.2) is 0 Å². The molecule has 0 atom stereocenters. The standard InChI is InChI=1S/C16H25ClN2/c1-16(2)9-7-12(8-10-16)18-13-5-6-15(19(3)4)14(17)11-13/h5-6,11-12,18H,7-10H2,1-4H3. The molecule has 1 aromatic rings. The van der Waals surface area contributed by atoms with Crippen LogP contribution < -0.4 is 10.2 Å². The number of rotatable bonds is 3. The lowest BCUT2D eigenvalue weighted by Gasteiger charge is -2.35. The molecule has 2 nitrogen and oxygen atoms in total. The molecule has 19 heavy (non-hydrogen) atoms. The van der Waals surface area contributed by atoms with Gasteiger partial charge in [-0.2, -0.15) is 0 Å². The maximum atomic E-state index is 6.31. The van der Waals surface area contributed by atoms with Crippen molar-refractivity contribution in [2.45, 2.75) is 45.6 Å². The van der Waals surface area contributed by atoms with E-state index in [0.717, 1.165) is 16.4 Å². The number of hydrogen-bond acceptors (Lipinski definition) is 2. The van der Waals surface area contributed by atoms with Crippen molar-refractivity contribution in [2.24, 2.45) is 5.41 Å².